The first-order chi connectivity index (χ1) is 14.5. The Bertz CT molecular complexity index is 1090. The van der Waals surface area contributed by atoms with Crippen molar-refractivity contribution in [3.05, 3.63) is 81.8 Å². The molecule has 156 valence electrons. The predicted octanol–water partition coefficient (Wildman–Crippen LogP) is 4.25. The maximum Gasteiger partial charge on any atom is 0.261 e. The van der Waals surface area contributed by atoms with Crippen molar-refractivity contribution >= 4 is 16.7 Å². The van der Waals surface area contributed by atoms with Crippen LogP contribution in [0.3, 0.4) is 0 Å². The van der Waals surface area contributed by atoms with Crippen molar-refractivity contribution in [3.63, 3.8) is 0 Å². The number of aromatic nitrogens is 1. The summed E-state index contributed by atoms with van der Waals surface area (Å²) < 4.78 is 0. The van der Waals surface area contributed by atoms with Crippen molar-refractivity contribution in [2.24, 2.45) is 5.92 Å². The fourth-order valence-corrected chi connectivity index (χ4v) is 4.23. The molecular weight excluding hydrogens is 374 g/mol. The molecule has 5 nitrogen and oxygen atoms in total. The van der Waals surface area contributed by atoms with Crippen LogP contribution in [0.4, 0.5) is 0 Å². The van der Waals surface area contributed by atoms with Crippen molar-refractivity contribution in [1.82, 2.24) is 15.2 Å². The Balaban J connectivity index is 1.46. The zero-order chi connectivity index (χ0) is 21.1. The van der Waals surface area contributed by atoms with Gasteiger partial charge in [-0.1, -0.05) is 49.4 Å². The first-order valence-electron chi connectivity index (χ1n) is 10.7. The largest absolute Gasteiger partial charge is 0.345 e. The minimum Gasteiger partial charge on any atom is -0.345 e. The van der Waals surface area contributed by atoms with Crippen LogP contribution in [0.2, 0.25) is 0 Å². The quantitative estimate of drug-likeness (QED) is 0.669. The van der Waals surface area contributed by atoms with Crippen molar-refractivity contribution in [3.8, 4) is 0 Å². The van der Waals surface area contributed by atoms with E-state index >= 15 is 0 Å². The number of likely N-dealkylation sites (tertiary alicyclic amines) is 1. The van der Waals surface area contributed by atoms with Crippen molar-refractivity contribution in [1.29, 1.82) is 0 Å². The maximum absolute atomic E-state index is 12.8. The Morgan fingerprint density at radius 1 is 1.10 bits per heavy atom. The van der Waals surface area contributed by atoms with E-state index < -0.39 is 0 Å². The van der Waals surface area contributed by atoms with Crippen LogP contribution in [0.25, 0.3) is 10.8 Å². The Morgan fingerprint density at radius 3 is 2.60 bits per heavy atom. The molecule has 1 fully saturated rings. The van der Waals surface area contributed by atoms with Gasteiger partial charge in [-0.3, -0.25) is 14.5 Å². The highest BCUT2D eigenvalue weighted by Gasteiger charge is 2.18. The monoisotopic (exact) mass is 403 g/mol. The molecule has 0 aliphatic carbocycles. The van der Waals surface area contributed by atoms with Crippen LogP contribution in [0, 0.1) is 5.92 Å². The number of nitrogens with one attached hydrogen (secondary N) is 2. The van der Waals surface area contributed by atoms with Crippen molar-refractivity contribution < 1.29 is 4.79 Å². The molecule has 4 rings (SSSR count). The maximum atomic E-state index is 12.8. The molecule has 1 aliphatic heterocycles. The molecule has 1 unspecified atom stereocenters. The lowest BCUT2D eigenvalue weighted by Crippen LogP contribution is -2.34. The summed E-state index contributed by atoms with van der Waals surface area (Å²) in [6.45, 7) is 7.05. The molecule has 1 atom stereocenters. The molecule has 30 heavy (non-hydrogen) atoms. The summed E-state index contributed by atoms with van der Waals surface area (Å²) in [5, 5.41) is 5.22. The average molecular weight is 404 g/mol. The van der Waals surface area contributed by atoms with Gasteiger partial charge in [0.05, 0.1) is 6.04 Å². The molecule has 1 aromatic heterocycles. The molecule has 0 bridgehead atoms. The minimum absolute atomic E-state index is 0.151. The standard InChI is InChI=1S/C25H29N3O2/c1-17-12-14-28(15-13-17)16-20-10-11-23(25(30)27-20)24(29)26-18(2)21-9-5-7-19-6-3-4-8-22(19)21/h3-11,17-18H,12-16H2,1-2H3,(H,26,29)(H,27,30). The van der Waals surface area contributed by atoms with E-state index in [1.54, 1.807) is 6.07 Å². The summed E-state index contributed by atoms with van der Waals surface area (Å²) in [5.74, 6) is 0.421. The van der Waals surface area contributed by atoms with Crippen molar-refractivity contribution in [2.45, 2.75) is 39.3 Å². The number of carbonyl (C=O) groups excluding carboxylic acids is 1. The summed E-state index contributed by atoms with van der Waals surface area (Å²) in [4.78, 5) is 30.6. The molecule has 2 aromatic carbocycles. The van der Waals surface area contributed by atoms with Crippen LogP contribution in [0.5, 0.6) is 0 Å². The number of rotatable bonds is 5. The molecule has 3 aromatic rings. The van der Waals surface area contributed by atoms with Crippen molar-refractivity contribution in [2.75, 3.05) is 13.1 Å². The average Bonchev–Trinajstić information content (AvgIpc) is 2.75. The summed E-state index contributed by atoms with van der Waals surface area (Å²) in [7, 11) is 0. The van der Waals surface area contributed by atoms with Gasteiger partial charge in [0.15, 0.2) is 0 Å². The van der Waals surface area contributed by atoms with E-state index in [2.05, 4.69) is 40.3 Å². The number of aromatic amines is 1. The number of pyridine rings is 1. The van der Waals surface area contributed by atoms with Crippen LogP contribution < -0.4 is 10.9 Å². The molecule has 1 saturated heterocycles. The molecule has 5 heteroatoms. The van der Waals surface area contributed by atoms with E-state index in [-0.39, 0.29) is 23.1 Å². The lowest BCUT2D eigenvalue weighted by molar-refractivity contribution is 0.0938. The number of hydrogen-bond donors (Lipinski definition) is 2. The second-order valence-corrected chi connectivity index (χ2v) is 8.45. The van der Waals surface area contributed by atoms with Crippen LogP contribution in [0.15, 0.2) is 59.4 Å². The molecule has 0 saturated carbocycles. The molecule has 0 radical (unpaired) electrons. The second-order valence-electron chi connectivity index (χ2n) is 8.45. The Morgan fingerprint density at radius 2 is 1.83 bits per heavy atom. The topological polar surface area (TPSA) is 65.2 Å². The first kappa shape index (κ1) is 20.4. The molecule has 2 N–H and O–H groups in total. The van der Waals surface area contributed by atoms with E-state index in [0.717, 1.165) is 47.6 Å². The summed E-state index contributed by atoms with van der Waals surface area (Å²) >= 11 is 0. The molecule has 1 amide bonds. The number of nitrogens with zero attached hydrogens (tertiary/aromatic N) is 1. The van der Waals surface area contributed by atoms with Gasteiger partial charge >= 0.3 is 0 Å². The van der Waals surface area contributed by atoms with Gasteiger partial charge in [-0.25, -0.2) is 0 Å². The van der Waals surface area contributed by atoms with E-state index in [0.29, 0.717) is 0 Å². The van der Waals surface area contributed by atoms with Crippen LogP contribution in [-0.2, 0) is 6.54 Å². The highest BCUT2D eigenvalue weighted by molar-refractivity contribution is 5.94. The highest BCUT2D eigenvalue weighted by atomic mass is 16.2. The zero-order valence-electron chi connectivity index (χ0n) is 17.7. The van der Waals surface area contributed by atoms with Crippen LogP contribution in [-0.4, -0.2) is 28.9 Å². The lowest BCUT2D eigenvalue weighted by atomic mass is 9.99. The fourth-order valence-electron chi connectivity index (χ4n) is 4.23. The molecular formula is C25H29N3O2. The summed E-state index contributed by atoms with van der Waals surface area (Å²) in [6, 6.07) is 17.5. The number of H-pyrrole nitrogens is 1. The lowest BCUT2D eigenvalue weighted by Gasteiger charge is -2.29. The van der Waals surface area contributed by atoms with E-state index in [1.165, 1.54) is 12.8 Å². The number of amides is 1. The molecule has 1 aliphatic rings. The molecule has 0 spiro atoms. The number of benzene rings is 2. The second kappa shape index (κ2) is 8.84. The predicted molar refractivity (Wildman–Crippen MR) is 121 cm³/mol. The minimum atomic E-state index is -0.352. The third-order valence-electron chi connectivity index (χ3n) is 6.12. The van der Waals surface area contributed by atoms with Gasteiger partial charge in [-0.2, -0.15) is 0 Å². The highest BCUT2D eigenvalue weighted by Crippen LogP contribution is 2.24. The van der Waals surface area contributed by atoms with Gasteiger partial charge in [0, 0.05) is 12.2 Å². The Labute approximate surface area is 177 Å². The Hall–Kier alpha value is -2.92. The third-order valence-corrected chi connectivity index (χ3v) is 6.12. The summed E-state index contributed by atoms with van der Waals surface area (Å²) in [5.41, 5.74) is 1.71. The SMILES string of the molecule is CC1CCN(Cc2ccc(C(=O)NC(C)c3cccc4ccccc34)c(=O)[nH]2)CC1. The Kier molecular flexibility index (Phi) is 6.00. The number of piperidine rings is 1. The summed E-state index contributed by atoms with van der Waals surface area (Å²) in [6.07, 6.45) is 2.38. The van der Waals surface area contributed by atoms with Gasteiger partial charge in [-0.15, -0.1) is 0 Å². The third kappa shape index (κ3) is 4.46. The number of fused-ring (bicyclic) bond motifs is 1. The van der Waals surface area contributed by atoms with Crippen LogP contribution in [0.1, 0.15) is 54.3 Å². The van der Waals surface area contributed by atoms with Gasteiger partial charge in [0.2, 0.25) is 0 Å². The first-order valence-corrected chi connectivity index (χ1v) is 10.7. The van der Waals surface area contributed by atoms with Gasteiger partial charge < -0.3 is 10.3 Å². The van der Waals surface area contributed by atoms with E-state index in [9.17, 15) is 9.59 Å². The zero-order valence-corrected chi connectivity index (χ0v) is 17.7. The van der Waals surface area contributed by atoms with E-state index in [4.69, 9.17) is 0 Å². The van der Waals surface area contributed by atoms with Gasteiger partial charge in [0.25, 0.3) is 11.5 Å². The smallest absolute Gasteiger partial charge is 0.261 e. The normalized spacial score (nSPS) is 16.5. The van der Waals surface area contributed by atoms with Gasteiger partial charge in [0.1, 0.15) is 5.56 Å². The van der Waals surface area contributed by atoms with E-state index in [1.807, 2.05) is 37.3 Å². The van der Waals surface area contributed by atoms with Gasteiger partial charge in [-0.05, 0) is 67.2 Å². The van der Waals surface area contributed by atoms with Crippen LogP contribution >= 0.6 is 0 Å². The molecule has 2 heterocycles. The number of hydrogen-bond acceptors (Lipinski definition) is 3. The number of carbonyl (C=O) groups is 1. The fraction of sp³-hybridized carbons (Fsp3) is 0.360.